The smallest absolute Gasteiger partial charge is 0.227 e. The summed E-state index contributed by atoms with van der Waals surface area (Å²) in [7, 11) is 3.45. The van der Waals surface area contributed by atoms with E-state index in [0.717, 1.165) is 16.5 Å². The summed E-state index contributed by atoms with van der Waals surface area (Å²) in [6, 6.07) is 5.85. The minimum atomic E-state index is -0.646. The van der Waals surface area contributed by atoms with Crippen LogP contribution in [-0.4, -0.2) is 57.8 Å². The molecule has 3 rings (SSSR count). The molecule has 0 radical (unpaired) electrons. The highest BCUT2D eigenvalue weighted by Gasteiger charge is 2.34. The van der Waals surface area contributed by atoms with Crippen molar-refractivity contribution in [3.8, 4) is 0 Å². The number of benzene rings is 1. The number of carbonyl (C=O) groups excluding carboxylic acids is 2. The van der Waals surface area contributed by atoms with E-state index in [1.54, 1.807) is 22.8 Å². The number of hydrogen-bond acceptors (Lipinski definition) is 4. The summed E-state index contributed by atoms with van der Waals surface area (Å²) >= 11 is 0. The van der Waals surface area contributed by atoms with E-state index in [2.05, 4.69) is 10.4 Å². The highest BCUT2D eigenvalue weighted by Crippen LogP contribution is 2.22. The predicted octanol–water partition coefficient (Wildman–Crippen LogP) is 0.0712. The van der Waals surface area contributed by atoms with E-state index in [1.165, 1.54) is 0 Å². The second-order valence-corrected chi connectivity index (χ2v) is 6.34. The largest absolute Gasteiger partial charge is 0.391 e. The number of carbonyl (C=O) groups is 2. The summed E-state index contributed by atoms with van der Waals surface area (Å²) in [6.45, 7) is 0.707. The summed E-state index contributed by atoms with van der Waals surface area (Å²) in [5.74, 6) is -0.346. The van der Waals surface area contributed by atoms with Gasteiger partial charge in [-0.3, -0.25) is 14.3 Å². The molecule has 1 fully saturated rings. The molecule has 24 heavy (non-hydrogen) atoms. The van der Waals surface area contributed by atoms with Crippen LogP contribution in [0.2, 0.25) is 0 Å². The lowest BCUT2D eigenvalue weighted by molar-refractivity contribution is -0.130. The predicted molar refractivity (Wildman–Crippen MR) is 89.2 cm³/mol. The van der Waals surface area contributed by atoms with Crippen LogP contribution in [0, 0.1) is 5.92 Å². The Hall–Kier alpha value is -2.41. The van der Waals surface area contributed by atoms with Crippen LogP contribution in [0.15, 0.2) is 24.4 Å². The average Bonchev–Trinajstić information content (AvgIpc) is 3.11. The molecule has 0 saturated carbocycles. The van der Waals surface area contributed by atoms with Crippen LogP contribution < -0.4 is 5.32 Å². The molecule has 1 aromatic heterocycles. The van der Waals surface area contributed by atoms with Crippen LogP contribution in [0.5, 0.6) is 0 Å². The molecule has 0 unspecified atom stereocenters. The molecule has 1 aliphatic heterocycles. The second kappa shape index (κ2) is 6.60. The first-order valence-corrected chi connectivity index (χ1v) is 8.05. The van der Waals surface area contributed by atoms with E-state index in [-0.39, 0.29) is 37.1 Å². The Labute approximate surface area is 140 Å². The molecule has 0 bridgehead atoms. The van der Waals surface area contributed by atoms with E-state index in [4.69, 9.17) is 0 Å². The number of aliphatic hydroxyl groups is 1. The van der Waals surface area contributed by atoms with Crippen molar-refractivity contribution in [3.63, 3.8) is 0 Å². The average molecular weight is 330 g/mol. The number of likely N-dealkylation sites (tertiary alicyclic amines) is 1. The summed E-state index contributed by atoms with van der Waals surface area (Å²) in [6.07, 6.45) is 1.65. The number of fused-ring (bicyclic) bond motifs is 1. The normalized spacial score (nSPS) is 20.5. The van der Waals surface area contributed by atoms with Gasteiger partial charge in [-0.15, -0.1) is 0 Å². The topological polar surface area (TPSA) is 87.5 Å². The quantitative estimate of drug-likeness (QED) is 0.830. The lowest BCUT2D eigenvalue weighted by atomic mass is 10.0. The summed E-state index contributed by atoms with van der Waals surface area (Å²) < 4.78 is 1.79. The van der Waals surface area contributed by atoms with E-state index in [0.29, 0.717) is 6.54 Å². The molecule has 1 aliphatic rings. The Morgan fingerprint density at radius 2 is 2.17 bits per heavy atom. The number of rotatable bonds is 4. The molecule has 1 aromatic carbocycles. The Morgan fingerprint density at radius 1 is 1.38 bits per heavy atom. The lowest BCUT2D eigenvalue weighted by Crippen LogP contribution is -2.31. The number of nitrogens with one attached hydrogen (secondary N) is 1. The molecule has 7 heteroatoms. The number of amides is 2. The van der Waals surface area contributed by atoms with Crippen LogP contribution in [0.1, 0.15) is 12.0 Å². The van der Waals surface area contributed by atoms with Gasteiger partial charge in [-0.25, -0.2) is 0 Å². The maximum Gasteiger partial charge on any atom is 0.227 e. The molecule has 2 aromatic rings. The molecule has 2 N–H and O–H groups in total. The number of aryl methyl sites for hydroxylation is 1. The van der Waals surface area contributed by atoms with Crippen molar-refractivity contribution in [3.05, 3.63) is 30.0 Å². The van der Waals surface area contributed by atoms with Gasteiger partial charge in [-0.1, -0.05) is 6.07 Å². The zero-order chi connectivity index (χ0) is 17.3. The highest BCUT2D eigenvalue weighted by atomic mass is 16.3. The third-order valence-corrected chi connectivity index (χ3v) is 4.65. The van der Waals surface area contributed by atoms with Gasteiger partial charge in [0.2, 0.25) is 11.8 Å². The first-order chi connectivity index (χ1) is 11.5. The zero-order valence-corrected chi connectivity index (χ0v) is 13.9. The SMILES string of the molecule is CNC(=O)C[C@@H]1CN(C(=O)Cc2ccc3c(cnn3C)c2)C[C@H]1O. The van der Waals surface area contributed by atoms with Crippen LogP contribution in [0.4, 0.5) is 0 Å². The number of nitrogens with zero attached hydrogens (tertiary/aromatic N) is 3. The van der Waals surface area contributed by atoms with Gasteiger partial charge in [0, 0.05) is 44.9 Å². The van der Waals surface area contributed by atoms with Crippen molar-refractivity contribution in [1.82, 2.24) is 20.0 Å². The molecular formula is C17H22N4O3. The Morgan fingerprint density at radius 3 is 2.92 bits per heavy atom. The molecule has 2 atom stereocenters. The van der Waals surface area contributed by atoms with Crippen molar-refractivity contribution >= 4 is 22.7 Å². The zero-order valence-electron chi connectivity index (χ0n) is 13.9. The fourth-order valence-corrected chi connectivity index (χ4v) is 3.21. The van der Waals surface area contributed by atoms with Gasteiger partial charge >= 0.3 is 0 Å². The third-order valence-electron chi connectivity index (χ3n) is 4.65. The van der Waals surface area contributed by atoms with Crippen molar-refractivity contribution in [2.45, 2.75) is 18.9 Å². The standard InChI is InChI=1S/C17H22N4O3/c1-18-16(23)7-13-9-21(10-15(13)22)17(24)6-11-3-4-14-12(5-11)8-19-20(14)2/h3-5,8,13,15,22H,6-7,9-10H2,1-2H3,(H,18,23)/t13-,15-/m1/s1. The molecule has 0 aliphatic carbocycles. The molecule has 128 valence electrons. The lowest BCUT2D eigenvalue weighted by Gasteiger charge is -2.16. The van der Waals surface area contributed by atoms with Gasteiger partial charge in [0.25, 0.3) is 0 Å². The van der Waals surface area contributed by atoms with Gasteiger partial charge in [0.05, 0.1) is 24.2 Å². The first kappa shape index (κ1) is 16.4. The molecule has 2 heterocycles. The number of aliphatic hydroxyl groups excluding tert-OH is 1. The minimum absolute atomic E-state index is 0.0308. The van der Waals surface area contributed by atoms with Gasteiger partial charge in [0.15, 0.2) is 0 Å². The highest BCUT2D eigenvalue weighted by molar-refractivity contribution is 5.83. The van der Waals surface area contributed by atoms with Crippen LogP contribution in [0.3, 0.4) is 0 Å². The monoisotopic (exact) mass is 330 g/mol. The molecular weight excluding hydrogens is 308 g/mol. The summed E-state index contributed by atoms with van der Waals surface area (Å²) in [5.41, 5.74) is 1.94. The van der Waals surface area contributed by atoms with Crippen molar-refractivity contribution in [1.29, 1.82) is 0 Å². The fourth-order valence-electron chi connectivity index (χ4n) is 3.21. The van der Waals surface area contributed by atoms with Crippen molar-refractivity contribution in [2.24, 2.45) is 13.0 Å². The van der Waals surface area contributed by atoms with Crippen LogP contribution in [-0.2, 0) is 23.1 Å². The van der Waals surface area contributed by atoms with Crippen LogP contribution >= 0.6 is 0 Å². The Bertz CT molecular complexity index is 770. The molecule has 1 saturated heterocycles. The molecule has 7 nitrogen and oxygen atoms in total. The van der Waals surface area contributed by atoms with Crippen molar-refractivity contribution in [2.75, 3.05) is 20.1 Å². The maximum absolute atomic E-state index is 12.5. The molecule has 2 amide bonds. The number of aromatic nitrogens is 2. The van der Waals surface area contributed by atoms with Gasteiger partial charge in [0.1, 0.15) is 0 Å². The molecule has 0 spiro atoms. The van der Waals surface area contributed by atoms with E-state index in [9.17, 15) is 14.7 Å². The van der Waals surface area contributed by atoms with E-state index < -0.39 is 6.10 Å². The van der Waals surface area contributed by atoms with Gasteiger partial charge < -0.3 is 15.3 Å². The summed E-state index contributed by atoms with van der Waals surface area (Å²) in [4.78, 5) is 25.6. The van der Waals surface area contributed by atoms with Gasteiger partial charge in [-0.05, 0) is 17.7 Å². The minimum Gasteiger partial charge on any atom is -0.391 e. The van der Waals surface area contributed by atoms with E-state index >= 15 is 0 Å². The second-order valence-electron chi connectivity index (χ2n) is 6.34. The number of hydrogen-bond donors (Lipinski definition) is 2. The Balaban J connectivity index is 1.65. The van der Waals surface area contributed by atoms with E-state index in [1.807, 2.05) is 25.2 Å². The Kier molecular flexibility index (Phi) is 4.53. The fraction of sp³-hybridized carbons (Fsp3) is 0.471. The van der Waals surface area contributed by atoms with Crippen LogP contribution in [0.25, 0.3) is 10.9 Å². The first-order valence-electron chi connectivity index (χ1n) is 8.05. The number of β-amino-alcohol motifs (C(OH)–C–C–N with tert-alkyl or cyclic N) is 1. The van der Waals surface area contributed by atoms with Crippen molar-refractivity contribution < 1.29 is 14.7 Å². The maximum atomic E-state index is 12.5. The summed E-state index contributed by atoms with van der Waals surface area (Å²) in [5, 5.41) is 17.8. The van der Waals surface area contributed by atoms with Gasteiger partial charge in [-0.2, -0.15) is 5.10 Å². The third kappa shape index (κ3) is 3.26.